The van der Waals surface area contributed by atoms with Gasteiger partial charge in [-0.2, -0.15) is 0 Å². The van der Waals surface area contributed by atoms with Gasteiger partial charge in [0.2, 0.25) is 5.91 Å². The summed E-state index contributed by atoms with van der Waals surface area (Å²) in [4.78, 5) is 25.3. The topological polar surface area (TPSA) is 83.6 Å². The first-order chi connectivity index (χ1) is 15.0. The normalized spacial score (nSPS) is 12.6. The van der Waals surface area contributed by atoms with E-state index >= 15 is 0 Å². The van der Waals surface area contributed by atoms with E-state index in [2.05, 4.69) is 4.74 Å². The minimum absolute atomic E-state index is 0.0365. The highest BCUT2D eigenvalue weighted by Crippen LogP contribution is 2.37. The maximum atomic E-state index is 14.5. The summed E-state index contributed by atoms with van der Waals surface area (Å²) in [6, 6.07) is 6.84. The van der Waals surface area contributed by atoms with Crippen molar-refractivity contribution >= 4 is 22.7 Å². The molecule has 0 bridgehead atoms. The molecule has 170 valence electrons. The number of carbonyl (C=O) groups is 2. The highest BCUT2D eigenvalue weighted by molar-refractivity contribution is 6.05. The lowest BCUT2D eigenvalue weighted by atomic mass is 9.93. The summed E-state index contributed by atoms with van der Waals surface area (Å²) in [5.41, 5.74) is 6.59. The molecule has 0 radical (unpaired) electrons. The van der Waals surface area contributed by atoms with Gasteiger partial charge in [0.15, 0.2) is 11.6 Å². The van der Waals surface area contributed by atoms with Gasteiger partial charge in [0, 0.05) is 22.7 Å². The summed E-state index contributed by atoms with van der Waals surface area (Å²) in [5, 5.41) is 0.414. The fraction of sp³-hybridized carbons (Fsp3) is 0.273. The van der Waals surface area contributed by atoms with Crippen LogP contribution in [0.3, 0.4) is 0 Å². The molecular formula is C22H20F4N2O4. The third kappa shape index (κ3) is 4.25. The van der Waals surface area contributed by atoms with Crippen LogP contribution in [0.5, 0.6) is 11.5 Å². The minimum atomic E-state index is -4.87. The van der Waals surface area contributed by atoms with E-state index in [1.807, 2.05) is 0 Å². The maximum absolute atomic E-state index is 14.5. The van der Waals surface area contributed by atoms with Crippen LogP contribution in [0.15, 0.2) is 36.4 Å². The monoisotopic (exact) mass is 452 g/mol. The SMILES string of the molecule is CCC(C(N)=O)c1c(C)n(C(=O)c2ccc(OC(F)(F)F)cc2)c2cc(F)c(OC)cc12. The lowest BCUT2D eigenvalue weighted by molar-refractivity contribution is -0.274. The Morgan fingerprint density at radius 3 is 2.28 bits per heavy atom. The molecule has 10 heteroatoms. The molecule has 0 aliphatic rings. The van der Waals surface area contributed by atoms with Crippen LogP contribution in [0.4, 0.5) is 17.6 Å². The van der Waals surface area contributed by atoms with Gasteiger partial charge in [-0.25, -0.2) is 4.39 Å². The molecule has 1 heterocycles. The number of nitrogens with two attached hydrogens (primary N) is 1. The van der Waals surface area contributed by atoms with Gasteiger partial charge in [-0.15, -0.1) is 13.2 Å². The van der Waals surface area contributed by atoms with Crippen molar-refractivity contribution < 1.29 is 36.6 Å². The van der Waals surface area contributed by atoms with Gasteiger partial charge >= 0.3 is 6.36 Å². The number of halogens is 4. The molecular weight excluding hydrogens is 432 g/mol. The van der Waals surface area contributed by atoms with E-state index in [1.54, 1.807) is 13.8 Å². The van der Waals surface area contributed by atoms with Gasteiger partial charge in [0.05, 0.1) is 18.5 Å². The van der Waals surface area contributed by atoms with Crippen LogP contribution in [0, 0.1) is 12.7 Å². The first-order valence-electron chi connectivity index (χ1n) is 9.56. The Labute approximate surface area is 180 Å². The average Bonchev–Trinajstić information content (AvgIpc) is 2.97. The molecule has 1 atom stereocenters. The third-order valence-corrected chi connectivity index (χ3v) is 5.16. The van der Waals surface area contributed by atoms with Gasteiger partial charge in [-0.05, 0) is 49.2 Å². The van der Waals surface area contributed by atoms with Gasteiger partial charge < -0.3 is 15.2 Å². The number of hydrogen-bond acceptors (Lipinski definition) is 4. The van der Waals surface area contributed by atoms with E-state index in [0.29, 0.717) is 23.1 Å². The van der Waals surface area contributed by atoms with Crippen LogP contribution in [0.1, 0.15) is 40.9 Å². The zero-order valence-electron chi connectivity index (χ0n) is 17.4. The third-order valence-electron chi connectivity index (χ3n) is 5.16. The zero-order chi connectivity index (χ0) is 23.8. The molecule has 2 N–H and O–H groups in total. The molecule has 2 aromatic carbocycles. The Hall–Kier alpha value is -3.56. The Bertz CT molecular complexity index is 1180. The molecule has 6 nitrogen and oxygen atoms in total. The maximum Gasteiger partial charge on any atom is 0.573 e. The number of primary amides is 1. The fourth-order valence-electron chi connectivity index (χ4n) is 3.77. The largest absolute Gasteiger partial charge is 0.573 e. The number of nitrogens with zero attached hydrogens (tertiary/aromatic N) is 1. The molecule has 32 heavy (non-hydrogen) atoms. The second kappa shape index (κ2) is 8.52. The number of carbonyl (C=O) groups excluding carboxylic acids is 2. The Morgan fingerprint density at radius 2 is 1.78 bits per heavy atom. The number of aromatic nitrogens is 1. The van der Waals surface area contributed by atoms with Crippen LogP contribution in [-0.2, 0) is 4.79 Å². The molecule has 0 aliphatic carbocycles. The van der Waals surface area contributed by atoms with Crippen molar-refractivity contribution in [2.45, 2.75) is 32.5 Å². The lowest BCUT2D eigenvalue weighted by Gasteiger charge is -2.13. The number of hydrogen-bond donors (Lipinski definition) is 1. The van der Waals surface area contributed by atoms with E-state index in [-0.39, 0.29) is 16.8 Å². The summed E-state index contributed by atoms with van der Waals surface area (Å²) in [6.07, 6.45) is -4.53. The summed E-state index contributed by atoms with van der Waals surface area (Å²) >= 11 is 0. The number of amides is 1. The standard InChI is InChI=1S/C22H20F4N2O4/c1-4-14(20(27)29)19-11(2)28(17-10-16(23)18(31-3)9-15(17)19)21(30)12-5-7-13(8-6-12)32-22(24,25)26/h5-10,14H,4H2,1-3H3,(H2,27,29). The number of ether oxygens (including phenoxy) is 2. The fourth-order valence-corrected chi connectivity index (χ4v) is 3.77. The van der Waals surface area contributed by atoms with Crippen molar-refractivity contribution in [1.82, 2.24) is 4.57 Å². The quantitative estimate of drug-likeness (QED) is 0.552. The number of rotatable bonds is 6. The summed E-state index contributed by atoms with van der Waals surface area (Å²) in [6.45, 7) is 3.34. The second-order valence-corrected chi connectivity index (χ2v) is 7.08. The van der Waals surface area contributed by atoms with Crippen LogP contribution in [0.25, 0.3) is 10.9 Å². The van der Waals surface area contributed by atoms with E-state index < -0.39 is 35.7 Å². The van der Waals surface area contributed by atoms with Crippen LogP contribution in [-0.4, -0.2) is 29.9 Å². The smallest absolute Gasteiger partial charge is 0.494 e. The van der Waals surface area contributed by atoms with Gasteiger partial charge in [0.1, 0.15) is 5.75 Å². The molecule has 0 aliphatic heterocycles. The number of fused-ring (bicyclic) bond motifs is 1. The number of methoxy groups -OCH3 is 1. The van der Waals surface area contributed by atoms with Crippen LogP contribution in [0.2, 0.25) is 0 Å². The second-order valence-electron chi connectivity index (χ2n) is 7.08. The first kappa shape index (κ1) is 23.1. The van der Waals surface area contributed by atoms with Gasteiger partial charge in [-0.3, -0.25) is 14.2 Å². The summed E-state index contributed by atoms with van der Waals surface area (Å²) in [7, 11) is 1.29. The number of alkyl halides is 3. The van der Waals surface area contributed by atoms with Crippen LogP contribution < -0.4 is 15.2 Å². The van der Waals surface area contributed by atoms with Crippen LogP contribution >= 0.6 is 0 Å². The van der Waals surface area contributed by atoms with E-state index in [9.17, 15) is 27.2 Å². The molecule has 0 saturated carbocycles. The highest BCUT2D eigenvalue weighted by Gasteiger charge is 2.31. The van der Waals surface area contributed by atoms with E-state index in [1.165, 1.54) is 29.9 Å². The molecule has 3 aromatic rings. The van der Waals surface area contributed by atoms with Crippen molar-refractivity contribution in [3.8, 4) is 11.5 Å². The van der Waals surface area contributed by atoms with Crippen molar-refractivity contribution in [2.75, 3.05) is 7.11 Å². The zero-order valence-corrected chi connectivity index (χ0v) is 17.4. The van der Waals surface area contributed by atoms with Crippen molar-refractivity contribution in [3.63, 3.8) is 0 Å². The summed E-state index contributed by atoms with van der Waals surface area (Å²) < 4.78 is 61.7. The molecule has 0 fully saturated rings. The Morgan fingerprint density at radius 1 is 1.16 bits per heavy atom. The lowest BCUT2D eigenvalue weighted by Crippen LogP contribution is -2.22. The Kier molecular flexibility index (Phi) is 6.16. The molecule has 3 rings (SSSR count). The number of benzene rings is 2. The van der Waals surface area contributed by atoms with E-state index in [4.69, 9.17) is 10.5 Å². The molecule has 1 aromatic heterocycles. The van der Waals surface area contributed by atoms with Gasteiger partial charge in [-0.1, -0.05) is 6.92 Å². The minimum Gasteiger partial charge on any atom is -0.494 e. The predicted molar refractivity (Wildman–Crippen MR) is 108 cm³/mol. The Balaban J connectivity index is 2.19. The van der Waals surface area contributed by atoms with Gasteiger partial charge in [0.25, 0.3) is 5.91 Å². The van der Waals surface area contributed by atoms with Crippen molar-refractivity contribution in [2.24, 2.45) is 5.73 Å². The summed E-state index contributed by atoms with van der Waals surface area (Å²) in [5.74, 6) is -3.26. The average molecular weight is 452 g/mol. The molecule has 1 amide bonds. The first-order valence-corrected chi connectivity index (χ1v) is 9.56. The van der Waals surface area contributed by atoms with Crippen molar-refractivity contribution in [1.29, 1.82) is 0 Å². The predicted octanol–water partition coefficient (Wildman–Crippen LogP) is 4.66. The molecule has 0 saturated heterocycles. The van der Waals surface area contributed by atoms with E-state index in [0.717, 1.165) is 18.2 Å². The molecule has 1 unspecified atom stereocenters. The van der Waals surface area contributed by atoms with Crippen molar-refractivity contribution in [3.05, 3.63) is 59.0 Å². The highest BCUT2D eigenvalue weighted by atomic mass is 19.4. The molecule has 0 spiro atoms.